The predicted molar refractivity (Wildman–Crippen MR) is 175 cm³/mol. The predicted octanol–water partition coefficient (Wildman–Crippen LogP) is 4.18. The molecule has 250 valence electrons. The molecular formula is C31H34ClF2N7O5S. The summed E-state index contributed by atoms with van der Waals surface area (Å²) < 4.78 is 61.2. The van der Waals surface area contributed by atoms with Crippen molar-refractivity contribution in [2.75, 3.05) is 38.3 Å². The molecule has 4 heterocycles. The van der Waals surface area contributed by atoms with Crippen LogP contribution < -0.4 is 20.3 Å². The number of piperidine rings is 1. The van der Waals surface area contributed by atoms with Crippen LogP contribution in [0.1, 0.15) is 41.0 Å². The molecular weight excluding hydrogens is 656 g/mol. The van der Waals surface area contributed by atoms with Crippen LogP contribution in [0.5, 0.6) is 5.88 Å². The van der Waals surface area contributed by atoms with E-state index in [9.17, 15) is 26.8 Å². The number of pyridine rings is 2. The first-order valence-corrected chi connectivity index (χ1v) is 16.9. The quantitative estimate of drug-likeness (QED) is 0.245. The number of halogens is 3. The van der Waals surface area contributed by atoms with Gasteiger partial charge in [0.15, 0.2) is 5.69 Å². The Labute approximate surface area is 275 Å². The van der Waals surface area contributed by atoms with Gasteiger partial charge in [-0.3, -0.25) is 14.2 Å². The molecule has 12 nitrogen and oxygen atoms in total. The number of carbonyl (C=O) groups excluding carboxylic acids is 1. The van der Waals surface area contributed by atoms with Crippen molar-refractivity contribution in [3.63, 3.8) is 0 Å². The number of rotatable bonds is 9. The largest absolute Gasteiger partial charge is 0.477 e. The van der Waals surface area contributed by atoms with Crippen LogP contribution in [0.2, 0.25) is 5.15 Å². The van der Waals surface area contributed by atoms with Crippen molar-refractivity contribution in [2.45, 2.75) is 32.2 Å². The second kappa shape index (κ2) is 13.1. The number of sulfonamides is 1. The average molecular weight is 690 g/mol. The number of benzene rings is 1. The SMILES string of the molecule is Cc1cc([C@@H](C)Nc2ccc(Cl)nc2C(=O)NS(C)(=O)=O)c2nc(-c3ccc(OC[C@@H]4CCN(C)CC4(F)F)nc3)n(C)c(=O)c2c1. The van der Waals surface area contributed by atoms with Crippen LogP contribution in [0.15, 0.2) is 47.4 Å². The lowest BCUT2D eigenvalue weighted by Crippen LogP contribution is -2.48. The van der Waals surface area contributed by atoms with Gasteiger partial charge in [0.25, 0.3) is 17.4 Å². The summed E-state index contributed by atoms with van der Waals surface area (Å²) in [6.45, 7) is 3.70. The van der Waals surface area contributed by atoms with E-state index < -0.39 is 33.8 Å². The van der Waals surface area contributed by atoms with E-state index in [0.717, 1.165) is 11.8 Å². The topological polar surface area (TPSA) is 148 Å². The Balaban J connectivity index is 1.45. The molecule has 4 aromatic rings. The maximum Gasteiger partial charge on any atom is 0.285 e. The van der Waals surface area contributed by atoms with E-state index in [2.05, 4.69) is 15.3 Å². The molecule has 3 aromatic heterocycles. The Morgan fingerprint density at radius 2 is 1.94 bits per heavy atom. The Kier molecular flexibility index (Phi) is 9.53. The molecule has 0 spiro atoms. The van der Waals surface area contributed by atoms with Gasteiger partial charge in [-0.1, -0.05) is 17.7 Å². The fourth-order valence-electron chi connectivity index (χ4n) is 5.54. The van der Waals surface area contributed by atoms with Crippen molar-refractivity contribution >= 4 is 44.1 Å². The molecule has 0 radical (unpaired) electrons. The van der Waals surface area contributed by atoms with Crippen LogP contribution in [0.3, 0.4) is 0 Å². The number of amides is 1. The zero-order valence-electron chi connectivity index (χ0n) is 26.3. The lowest BCUT2D eigenvalue weighted by Gasteiger charge is -2.36. The number of aromatic nitrogens is 4. The fraction of sp³-hybridized carbons (Fsp3) is 0.387. The second-order valence-corrected chi connectivity index (χ2v) is 14.0. The summed E-state index contributed by atoms with van der Waals surface area (Å²) in [4.78, 5) is 41.1. The summed E-state index contributed by atoms with van der Waals surface area (Å²) in [6.07, 6.45) is 2.63. The third kappa shape index (κ3) is 7.68. The summed E-state index contributed by atoms with van der Waals surface area (Å²) in [5, 5.41) is 3.53. The van der Waals surface area contributed by atoms with Crippen molar-refractivity contribution in [3.8, 4) is 17.3 Å². The normalized spacial score (nSPS) is 17.3. The monoisotopic (exact) mass is 689 g/mol. The summed E-state index contributed by atoms with van der Waals surface area (Å²) in [5.41, 5.74) is 1.96. The summed E-state index contributed by atoms with van der Waals surface area (Å²) in [5.74, 6) is -4.27. The highest BCUT2D eigenvalue weighted by Gasteiger charge is 2.44. The Hall–Kier alpha value is -4.21. The average Bonchev–Trinajstić information content (AvgIpc) is 2.98. The Morgan fingerprint density at radius 3 is 2.60 bits per heavy atom. The van der Waals surface area contributed by atoms with Gasteiger partial charge >= 0.3 is 0 Å². The molecule has 0 unspecified atom stereocenters. The summed E-state index contributed by atoms with van der Waals surface area (Å²) in [6, 6.07) is 9.19. The van der Waals surface area contributed by atoms with Gasteiger partial charge in [-0.25, -0.2) is 36.9 Å². The van der Waals surface area contributed by atoms with Crippen molar-refractivity contribution in [1.82, 2.24) is 29.1 Å². The van der Waals surface area contributed by atoms with Gasteiger partial charge in [0.1, 0.15) is 11.0 Å². The highest BCUT2D eigenvalue weighted by Crippen LogP contribution is 2.33. The van der Waals surface area contributed by atoms with Crippen molar-refractivity contribution in [2.24, 2.45) is 13.0 Å². The molecule has 1 saturated heterocycles. The Bertz CT molecular complexity index is 2010. The number of nitrogens with zero attached hydrogens (tertiary/aromatic N) is 5. The number of anilines is 1. The van der Waals surface area contributed by atoms with E-state index in [4.69, 9.17) is 21.3 Å². The maximum absolute atomic E-state index is 14.4. The van der Waals surface area contributed by atoms with E-state index in [1.165, 1.54) is 22.9 Å². The number of carbonyl (C=O) groups is 1. The van der Waals surface area contributed by atoms with Gasteiger partial charge in [-0.15, -0.1) is 0 Å². The van der Waals surface area contributed by atoms with Gasteiger partial charge in [-0.2, -0.15) is 0 Å². The third-order valence-electron chi connectivity index (χ3n) is 7.91. The van der Waals surface area contributed by atoms with Crippen LogP contribution in [-0.4, -0.2) is 77.7 Å². The van der Waals surface area contributed by atoms with Gasteiger partial charge in [0.2, 0.25) is 15.9 Å². The lowest BCUT2D eigenvalue weighted by atomic mass is 9.94. The zero-order valence-corrected chi connectivity index (χ0v) is 27.9. The maximum atomic E-state index is 14.4. The zero-order chi connectivity index (χ0) is 34.3. The molecule has 47 heavy (non-hydrogen) atoms. The molecule has 1 aliphatic rings. The van der Waals surface area contributed by atoms with Crippen molar-refractivity contribution in [1.29, 1.82) is 0 Å². The minimum absolute atomic E-state index is 0.0116. The van der Waals surface area contributed by atoms with Gasteiger partial charge in [0, 0.05) is 30.4 Å². The molecule has 1 amide bonds. The van der Waals surface area contributed by atoms with E-state index in [0.29, 0.717) is 40.8 Å². The summed E-state index contributed by atoms with van der Waals surface area (Å²) >= 11 is 6.01. The van der Waals surface area contributed by atoms with Crippen LogP contribution in [-0.2, 0) is 17.1 Å². The van der Waals surface area contributed by atoms with E-state index in [1.54, 1.807) is 44.1 Å². The molecule has 16 heteroatoms. The van der Waals surface area contributed by atoms with Crippen molar-refractivity contribution in [3.05, 3.63) is 74.9 Å². The van der Waals surface area contributed by atoms with E-state index >= 15 is 0 Å². The number of nitrogens with one attached hydrogen (secondary N) is 2. The Morgan fingerprint density at radius 1 is 1.19 bits per heavy atom. The van der Waals surface area contributed by atoms with E-state index in [-0.39, 0.29) is 41.1 Å². The fourth-order valence-corrected chi connectivity index (χ4v) is 6.12. The minimum atomic E-state index is -3.88. The first-order valence-electron chi connectivity index (χ1n) is 14.6. The van der Waals surface area contributed by atoms with Crippen LogP contribution in [0.4, 0.5) is 14.5 Å². The molecule has 0 bridgehead atoms. The molecule has 0 aliphatic carbocycles. The number of alkyl halides is 2. The smallest absolute Gasteiger partial charge is 0.285 e. The first-order chi connectivity index (χ1) is 22.0. The molecule has 5 rings (SSSR count). The van der Waals surface area contributed by atoms with E-state index in [1.807, 2.05) is 17.7 Å². The van der Waals surface area contributed by atoms with Crippen LogP contribution >= 0.6 is 11.6 Å². The standard InChI is InChI=1S/C31H34ClF2N7O5S/c1-17-12-21(18(2)36-23-7-8-24(32)37-27(23)29(42)39-47(5,44)45)26-22(13-17)30(43)41(4)28(38-26)19-6-9-25(35-14-19)46-15-20-10-11-40(3)16-31(20,33)34/h6-9,12-14,18,20,36H,10-11,15-16H2,1-5H3,(H,39,42)/t18-,20+/m1/s1. The molecule has 2 N–H and O–H groups in total. The molecule has 2 atom stereocenters. The number of ether oxygens (including phenoxy) is 1. The first kappa shape index (κ1) is 34.1. The van der Waals surface area contributed by atoms with Crippen molar-refractivity contribution < 1.29 is 26.7 Å². The van der Waals surface area contributed by atoms with Gasteiger partial charge in [0.05, 0.1) is 48.0 Å². The molecule has 0 saturated carbocycles. The lowest BCUT2D eigenvalue weighted by molar-refractivity contribution is -0.116. The molecule has 1 aromatic carbocycles. The number of fused-ring (bicyclic) bond motifs is 1. The van der Waals surface area contributed by atoms with Gasteiger partial charge in [-0.05, 0) is 63.7 Å². The van der Waals surface area contributed by atoms with Crippen LogP contribution in [0, 0.1) is 12.8 Å². The molecule has 1 aliphatic heterocycles. The highest BCUT2D eigenvalue weighted by atomic mass is 35.5. The number of aryl methyl sites for hydroxylation is 1. The number of hydrogen-bond donors (Lipinski definition) is 2. The minimum Gasteiger partial charge on any atom is -0.477 e. The van der Waals surface area contributed by atoms with Crippen LogP contribution in [0.25, 0.3) is 22.3 Å². The second-order valence-electron chi connectivity index (χ2n) is 11.8. The van der Waals surface area contributed by atoms with Gasteiger partial charge < -0.3 is 15.0 Å². The summed E-state index contributed by atoms with van der Waals surface area (Å²) in [7, 11) is -0.622. The number of hydrogen-bond acceptors (Lipinski definition) is 10. The number of likely N-dealkylation sites (tertiary alicyclic amines) is 1. The third-order valence-corrected chi connectivity index (χ3v) is 8.68. The molecule has 1 fully saturated rings. The highest BCUT2D eigenvalue weighted by molar-refractivity contribution is 7.89.